The van der Waals surface area contributed by atoms with E-state index in [1.165, 1.54) is 27.1 Å². The van der Waals surface area contributed by atoms with E-state index in [1.807, 2.05) is 52.1 Å². The summed E-state index contributed by atoms with van der Waals surface area (Å²) in [6.07, 6.45) is 1.49. The quantitative estimate of drug-likeness (QED) is 0.659. The molecule has 0 fully saturated rings. The molecule has 3 heterocycles. The van der Waals surface area contributed by atoms with Crippen LogP contribution < -0.4 is 5.56 Å². The van der Waals surface area contributed by atoms with Gasteiger partial charge in [-0.25, -0.2) is 4.98 Å². The van der Waals surface area contributed by atoms with Crippen molar-refractivity contribution in [1.29, 1.82) is 0 Å². The van der Waals surface area contributed by atoms with Crippen LogP contribution in [0.4, 0.5) is 0 Å². The molecular formula is C19H23N3O2S2. The van der Waals surface area contributed by atoms with Crippen LogP contribution in [-0.4, -0.2) is 32.4 Å². The van der Waals surface area contributed by atoms with Crippen LogP contribution in [0.5, 0.6) is 0 Å². The van der Waals surface area contributed by atoms with E-state index in [9.17, 15) is 9.59 Å². The number of hydrogen-bond donors (Lipinski definition) is 0. The number of aryl methyl sites for hydroxylation is 1. The predicted octanol–water partition coefficient (Wildman–Crippen LogP) is 4.14. The highest BCUT2D eigenvalue weighted by atomic mass is 32.1. The summed E-state index contributed by atoms with van der Waals surface area (Å²) in [7, 11) is 0. The first-order chi connectivity index (χ1) is 12.3. The van der Waals surface area contributed by atoms with Gasteiger partial charge in [0, 0.05) is 32.8 Å². The normalized spacial score (nSPS) is 11.7. The number of fused-ring (bicyclic) bond motifs is 1. The maximum atomic E-state index is 13.1. The zero-order valence-corrected chi connectivity index (χ0v) is 17.3. The van der Waals surface area contributed by atoms with E-state index in [0.717, 1.165) is 10.4 Å². The van der Waals surface area contributed by atoms with Crippen LogP contribution >= 0.6 is 22.7 Å². The number of carbonyl (C=O) groups excluding carboxylic acids is 1. The summed E-state index contributed by atoms with van der Waals surface area (Å²) in [5.41, 5.74) is 0.755. The first kappa shape index (κ1) is 18.8. The van der Waals surface area contributed by atoms with Crippen molar-refractivity contribution in [1.82, 2.24) is 14.5 Å². The largest absolute Gasteiger partial charge is 0.336 e. The summed E-state index contributed by atoms with van der Waals surface area (Å²) in [6.45, 7) is 9.99. The van der Waals surface area contributed by atoms with Crippen LogP contribution in [0, 0.1) is 6.92 Å². The van der Waals surface area contributed by atoms with Gasteiger partial charge in [-0.15, -0.1) is 22.7 Å². The summed E-state index contributed by atoms with van der Waals surface area (Å²) in [5.74, 6) is -0.0676. The summed E-state index contributed by atoms with van der Waals surface area (Å²) in [4.78, 5) is 35.0. The molecule has 3 aromatic heterocycles. The molecule has 5 nitrogen and oxygen atoms in total. The topological polar surface area (TPSA) is 55.2 Å². The van der Waals surface area contributed by atoms with Gasteiger partial charge in [0.05, 0.1) is 11.7 Å². The maximum Gasteiger partial charge on any atom is 0.263 e. The van der Waals surface area contributed by atoms with Gasteiger partial charge in [0.15, 0.2) is 0 Å². The van der Waals surface area contributed by atoms with Gasteiger partial charge in [0.25, 0.3) is 5.56 Å². The number of amides is 1. The van der Waals surface area contributed by atoms with Crippen molar-refractivity contribution in [3.8, 4) is 10.4 Å². The number of carbonyl (C=O) groups is 1. The summed E-state index contributed by atoms with van der Waals surface area (Å²) < 4.78 is 1.43. The monoisotopic (exact) mass is 389 g/mol. The molecular weight excluding hydrogens is 366 g/mol. The van der Waals surface area contributed by atoms with Crippen molar-refractivity contribution in [3.63, 3.8) is 0 Å². The lowest BCUT2D eigenvalue weighted by molar-refractivity contribution is -0.135. The SMILES string of the molecule is Cc1ccc(-c2csc3ncn(CC(=O)N(C(C)C)C(C)C)c(=O)c23)s1. The Bertz CT molecular complexity index is 990. The highest BCUT2D eigenvalue weighted by molar-refractivity contribution is 7.19. The molecule has 0 N–H and O–H groups in total. The Morgan fingerprint density at radius 2 is 1.92 bits per heavy atom. The average Bonchev–Trinajstić information content (AvgIpc) is 3.15. The van der Waals surface area contributed by atoms with Crippen LogP contribution in [0.1, 0.15) is 32.6 Å². The van der Waals surface area contributed by atoms with E-state index < -0.39 is 0 Å². The summed E-state index contributed by atoms with van der Waals surface area (Å²) in [6, 6.07) is 4.25. The second-order valence-electron chi connectivity index (χ2n) is 6.91. The molecule has 0 saturated carbocycles. The molecule has 1 amide bonds. The lowest BCUT2D eigenvalue weighted by Crippen LogP contribution is -2.44. The van der Waals surface area contributed by atoms with E-state index in [1.54, 1.807) is 16.2 Å². The Morgan fingerprint density at radius 3 is 2.50 bits per heavy atom. The lowest BCUT2D eigenvalue weighted by atomic mass is 10.2. The summed E-state index contributed by atoms with van der Waals surface area (Å²) in [5, 5.41) is 2.58. The van der Waals surface area contributed by atoms with Gasteiger partial charge >= 0.3 is 0 Å². The van der Waals surface area contributed by atoms with E-state index >= 15 is 0 Å². The van der Waals surface area contributed by atoms with Crippen molar-refractivity contribution >= 4 is 38.8 Å². The molecule has 26 heavy (non-hydrogen) atoms. The van der Waals surface area contributed by atoms with Gasteiger partial charge in [-0.2, -0.15) is 0 Å². The minimum Gasteiger partial charge on any atom is -0.336 e. The predicted molar refractivity (Wildman–Crippen MR) is 109 cm³/mol. The first-order valence-electron chi connectivity index (χ1n) is 8.64. The molecule has 7 heteroatoms. The molecule has 3 rings (SSSR count). The third-order valence-electron chi connectivity index (χ3n) is 4.27. The Morgan fingerprint density at radius 1 is 1.23 bits per heavy atom. The van der Waals surface area contributed by atoms with Crippen molar-refractivity contribution in [2.24, 2.45) is 0 Å². The Kier molecular flexibility index (Phi) is 5.29. The molecule has 0 aliphatic rings. The molecule has 138 valence electrons. The van der Waals surface area contributed by atoms with E-state index in [-0.39, 0.29) is 30.1 Å². The molecule has 0 aliphatic carbocycles. The highest BCUT2D eigenvalue weighted by Gasteiger charge is 2.22. The second kappa shape index (κ2) is 7.32. The van der Waals surface area contributed by atoms with Gasteiger partial charge < -0.3 is 4.90 Å². The molecule has 0 atom stereocenters. The van der Waals surface area contributed by atoms with Crippen molar-refractivity contribution in [2.75, 3.05) is 0 Å². The lowest BCUT2D eigenvalue weighted by Gasteiger charge is -2.30. The molecule has 0 aromatic carbocycles. The van der Waals surface area contributed by atoms with Gasteiger partial charge in [-0.05, 0) is 46.8 Å². The molecule has 0 aliphatic heterocycles. The van der Waals surface area contributed by atoms with Gasteiger partial charge in [0.2, 0.25) is 5.91 Å². The van der Waals surface area contributed by atoms with Crippen LogP contribution in [0.25, 0.3) is 20.7 Å². The number of rotatable bonds is 5. The molecule has 0 unspecified atom stereocenters. The molecule has 0 saturated heterocycles. The van der Waals surface area contributed by atoms with Crippen molar-refractivity contribution < 1.29 is 4.79 Å². The first-order valence-corrected chi connectivity index (χ1v) is 10.3. The molecule has 0 spiro atoms. The smallest absolute Gasteiger partial charge is 0.263 e. The fourth-order valence-electron chi connectivity index (χ4n) is 3.24. The minimum absolute atomic E-state index is 0.0108. The third kappa shape index (κ3) is 3.46. The van der Waals surface area contributed by atoms with Crippen molar-refractivity contribution in [3.05, 3.63) is 39.1 Å². The minimum atomic E-state index is -0.155. The number of hydrogen-bond acceptors (Lipinski definition) is 5. The highest BCUT2D eigenvalue weighted by Crippen LogP contribution is 2.34. The second-order valence-corrected chi connectivity index (χ2v) is 9.05. The van der Waals surface area contributed by atoms with Gasteiger partial charge in [-0.3, -0.25) is 14.2 Å². The fourth-order valence-corrected chi connectivity index (χ4v) is 5.10. The fraction of sp³-hybridized carbons (Fsp3) is 0.421. The van der Waals surface area contributed by atoms with Gasteiger partial charge in [0.1, 0.15) is 11.4 Å². The van der Waals surface area contributed by atoms with Crippen molar-refractivity contribution in [2.45, 2.75) is 53.2 Å². The van der Waals surface area contributed by atoms with Crippen LogP contribution in [0.3, 0.4) is 0 Å². The average molecular weight is 390 g/mol. The standard InChI is InChI=1S/C19H23N3O2S2/c1-11(2)22(12(3)4)16(23)8-21-10-20-18-17(19(21)24)14(9-25-18)15-7-6-13(5)26-15/h6-7,9-12H,8H2,1-5H3. The van der Waals surface area contributed by atoms with Crippen LogP contribution in [-0.2, 0) is 11.3 Å². The molecule has 0 radical (unpaired) electrons. The van der Waals surface area contributed by atoms with E-state index in [4.69, 9.17) is 0 Å². The van der Waals surface area contributed by atoms with Crippen LogP contribution in [0.15, 0.2) is 28.6 Å². The van der Waals surface area contributed by atoms with E-state index in [0.29, 0.717) is 10.2 Å². The Balaban J connectivity index is 2.02. The zero-order chi connectivity index (χ0) is 19.0. The third-order valence-corrected chi connectivity index (χ3v) is 6.19. The molecule has 3 aromatic rings. The number of nitrogens with zero attached hydrogens (tertiary/aromatic N) is 3. The number of aromatic nitrogens is 2. The maximum absolute atomic E-state index is 13.1. The van der Waals surface area contributed by atoms with Gasteiger partial charge in [-0.1, -0.05) is 0 Å². The van der Waals surface area contributed by atoms with E-state index in [2.05, 4.69) is 4.98 Å². The number of thiophene rings is 2. The zero-order valence-electron chi connectivity index (χ0n) is 15.6. The Hall–Kier alpha value is -1.99. The van der Waals surface area contributed by atoms with Crippen LogP contribution in [0.2, 0.25) is 0 Å². The molecule has 0 bridgehead atoms. The summed E-state index contributed by atoms with van der Waals surface area (Å²) >= 11 is 3.12. The Labute approximate surface area is 160 Å².